The number of amides is 16. The Kier molecular flexibility index (Phi) is 38.5. The normalized spacial score (nSPS) is 25.2. The molecule has 6 aromatic rings. The minimum absolute atomic E-state index is 0.00122. The number of rotatable bonds is 22. The first-order valence-electron chi connectivity index (χ1n) is 46.8. The fraction of sp³-hybridized carbons (Fsp3) is 0.474. The SMILES string of the molecule is CN1C(=O)[C@H](Cc2cn(CC(=O)O)c3ccccc23)NC(=O)[C@H](CCN)NC(=O)[C@H](Cc2c[nH]c3ccccc23)NC(=O)[C@@H]2C[C@@H](O)CN2C(=O)[C@H](CCC(=O)O)NC(=O)[C@H](CN)NC(=O)[C@@H]2CCCN2C(=O)[C@H](CC(=O)O)NC(=O)[C@@H]2CCCCN2C(=O)[C@H](Cc2ccc(O)cc2)NC(=O)CSC[C@@H](C(=O)NCC(N)=O)NC(=O)[C@H](CCC(=O)O)NC(=O)[C@@H]2Cc3ccc(cc3)OC/C=C\CC[C@H]1C(=O)N2C. The van der Waals surface area contributed by atoms with Crippen LogP contribution in [0.5, 0.6) is 11.5 Å². The molecule has 0 aliphatic carbocycles. The first-order chi connectivity index (χ1) is 68.3. The lowest BCUT2D eigenvalue weighted by Gasteiger charge is -2.38. The predicted octanol–water partition coefficient (Wildman–Crippen LogP) is -3.88. The predicted molar refractivity (Wildman–Crippen MR) is 510 cm³/mol. The topological polar surface area (TPSA) is 707 Å². The van der Waals surface area contributed by atoms with E-state index in [0.717, 1.165) is 24.5 Å². The van der Waals surface area contributed by atoms with Crippen LogP contribution in [0.25, 0.3) is 21.8 Å². The second-order valence-electron chi connectivity index (χ2n) is 35.7. The third-order valence-electron chi connectivity index (χ3n) is 25.5. The second kappa shape index (κ2) is 50.9. The lowest BCUT2D eigenvalue weighted by atomic mass is 9.97. The van der Waals surface area contributed by atoms with Crippen LogP contribution in [0.15, 0.2) is 122 Å². The third-order valence-corrected chi connectivity index (χ3v) is 26.6. The van der Waals surface area contributed by atoms with Gasteiger partial charge in [0, 0.05) is 125 Å². The molecule has 0 saturated carbocycles. The van der Waals surface area contributed by atoms with Crippen molar-refractivity contribution in [2.24, 2.45) is 17.2 Å². The van der Waals surface area contributed by atoms with Crippen molar-refractivity contribution in [2.75, 3.05) is 71.5 Å². The number of phenols is 1. The van der Waals surface area contributed by atoms with Crippen LogP contribution in [0, 0.1) is 0 Å². The van der Waals surface area contributed by atoms with E-state index in [-0.39, 0.29) is 95.3 Å². The van der Waals surface area contributed by atoms with Crippen LogP contribution in [-0.4, -0.2) is 345 Å². The molecule has 48 heteroatoms. The highest BCUT2D eigenvalue weighted by Crippen LogP contribution is 2.30. The number of H-pyrrole nitrogens is 1. The van der Waals surface area contributed by atoms with E-state index in [4.69, 9.17) is 21.9 Å². The van der Waals surface area contributed by atoms with Crippen molar-refractivity contribution in [3.63, 3.8) is 0 Å². The van der Waals surface area contributed by atoms with Crippen LogP contribution in [0.3, 0.4) is 0 Å². The number of carbonyl (C=O) groups excluding carboxylic acids is 16. The number of allylic oxidation sites excluding steroid dienone is 1. The molecular weight excluding hydrogens is 1890 g/mol. The smallest absolute Gasteiger partial charge is 0.323 e. The Morgan fingerprint density at radius 3 is 1.73 bits per heavy atom. The van der Waals surface area contributed by atoms with Crippen LogP contribution in [0.4, 0.5) is 0 Å². The van der Waals surface area contributed by atoms with E-state index in [1.165, 1.54) is 49.1 Å². The van der Waals surface area contributed by atoms with Gasteiger partial charge in [0.15, 0.2) is 0 Å². The maximum atomic E-state index is 16.2. The van der Waals surface area contributed by atoms with E-state index in [0.29, 0.717) is 62.4 Å². The number of aromatic amines is 1. The molecule has 4 bridgehead atoms. The van der Waals surface area contributed by atoms with Gasteiger partial charge in [-0.3, -0.25) is 95.9 Å². The summed E-state index contributed by atoms with van der Waals surface area (Å²) in [6.07, 6.45) is -1.66. The maximum absolute atomic E-state index is 16.2. The molecule has 15 atom stereocenters. The molecule has 4 aromatic carbocycles. The zero-order valence-corrected chi connectivity index (χ0v) is 79.4. The van der Waals surface area contributed by atoms with Crippen LogP contribution >= 0.6 is 11.8 Å². The number of nitrogens with one attached hydrogen (secondary N) is 11. The van der Waals surface area contributed by atoms with Gasteiger partial charge in [-0.1, -0.05) is 72.8 Å². The average molecular weight is 2010 g/mol. The molecule has 47 nitrogen and oxygen atoms in total. The van der Waals surface area contributed by atoms with Crippen LogP contribution < -0.4 is 75.1 Å². The number of phenolic OH excluding ortho intramolecular Hbond substituents is 1. The van der Waals surface area contributed by atoms with E-state index in [2.05, 4.69) is 58.2 Å². The fourth-order valence-electron chi connectivity index (χ4n) is 18.1. The van der Waals surface area contributed by atoms with Gasteiger partial charge in [0.1, 0.15) is 109 Å². The van der Waals surface area contributed by atoms with Gasteiger partial charge < -0.3 is 140 Å². The Morgan fingerprint density at radius 1 is 0.503 bits per heavy atom. The standard InChI is InChI=1S/C95H120N20O27S/c1-110-73-18-4-3-11-36-142-57-26-22-52(23-27-57)38-74(111(2)95(73)141)89(135)103-61(28-30-78(120)121)83(129)109-69(82(128)100-45-76(98)118)49-143-50-77(119)101-65(37-51-20-24-55(116)25-21-51)93(139)113-34-10-9-17-71(113)87(133)107-67(42-80(124)125)94(140)114-35-12-19-72(114)88(134)108-68(43-97)86(132)104-63(29-31-79(122)123)92(138)115-47-56(117)41-75(115)90(136)105-64(39-53-44-99-60-15-7-5-13-58(53)60)85(131)102-62(32-33-96)84(130)106-66(91(110)137)40-54-46-112(48-81(126)127)70-16-8-6-14-59(54)70/h3,5-8,11,13-16,20-27,44,46,56,61-69,71-75,99,116-117H,4,9-10,12,17-19,28-43,45,47-50,96-97H2,1-2H3,(H2,98,118)(H,100,128)(H,101,119)(H,102,131)(H,103,135)(H,104,132)(H,105,136)(H,106,130)(H,107,133)(H,108,134)(H,109,129)(H,120,121)(H,122,123)(H,124,125)(H,126,127)/b11-3-/t56-,61+,62+,63+,64+,65+,66+,67+,68+,69+,71+,72+,73+,74+,75+/m1/s1. The molecule has 0 unspecified atom stereocenters. The first kappa shape index (κ1) is 108. The summed E-state index contributed by atoms with van der Waals surface area (Å²) in [5.41, 5.74) is 20.2. The second-order valence-corrected chi connectivity index (χ2v) is 36.7. The number of nitrogens with zero attached hydrogens (tertiary/aromatic N) is 6. The average Bonchev–Trinajstić information content (AvgIpc) is 1.51. The first-order valence-corrected chi connectivity index (χ1v) is 48.0. The van der Waals surface area contributed by atoms with Gasteiger partial charge >= 0.3 is 23.9 Å². The van der Waals surface area contributed by atoms with Gasteiger partial charge in [-0.2, -0.15) is 0 Å². The Labute approximate surface area is 823 Å². The number of carboxylic acids is 4. The third kappa shape index (κ3) is 29.3. The van der Waals surface area contributed by atoms with Crippen molar-refractivity contribution in [2.45, 2.75) is 213 Å². The summed E-state index contributed by atoms with van der Waals surface area (Å²) in [6, 6.07) is 0.882. The summed E-state index contributed by atoms with van der Waals surface area (Å²) in [5, 5.41) is 88.8. The summed E-state index contributed by atoms with van der Waals surface area (Å²) in [7, 11) is 2.45. The summed E-state index contributed by atoms with van der Waals surface area (Å²) in [6.45, 7) is -3.51. The summed E-state index contributed by atoms with van der Waals surface area (Å²) in [4.78, 5) is 298. The molecule has 0 spiro atoms. The molecule has 0 radical (unpaired) electrons. The number of hydrogen-bond donors (Lipinski definition) is 20. The monoisotopic (exact) mass is 2000 g/mol. The lowest BCUT2D eigenvalue weighted by molar-refractivity contribution is -0.149. The van der Waals surface area contributed by atoms with Crippen molar-refractivity contribution >= 4 is 152 Å². The zero-order chi connectivity index (χ0) is 104. The number of aliphatic hydroxyl groups is 1. The van der Waals surface area contributed by atoms with Gasteiger partial charge in [-0.15, -0.1) is 11.8 Å². The Morgan fingerprint density at radius 2 is 1.06 bits per heavy atom. The van der Waals surface area contributed by atoms with Gasteiger partial charge in [-0.25, -0.2) is 0 Å². The van der Waals surface area contributed by atoms with Gasteiger partial charge in [-0.05, 0) is 129 Å². The molecule has 4 fully saturated rings. The molecule has 143 heavy (non-hydrogen) atoms. The number of ether oxygens (including phenoxy) is 1. The molecule has 23 N–H and O–H groups in total. The minimum atomic E-state index is -1.95. The molecule has 2 aromatic heterocycles. The van der Waals surface area contributed by atoms with Crippen molar-refractivity contribution in [3.8, 4) is 11.5 Å². The minimum Gasteiger partial charge on any atom is -0.508 e. The summed E-state index contributed by atoms with van der Waals surface area (Å²) >= 11 is 0.676. The van der Waals surface area contributed by atoms with Gasteiger partial charge in [0.05, 0.1) is 24.8 Å². The highest BCUT2D eigenvalue weighted by Gasteiger charge is 2.48. The van der Waals surface area contributed by atoms with Crippen LogP contribution in [0.1, 0.15) is 112 Å². The highest BCUT2D eigenvalue weighted by atomic mass is 32.2. The number of aliphatic hydroxyl groups excluding tert-OH is 1. The van der Waals surface area contributed by atoms with Gasteiger partial charge in [0.25, 0.3) is 0 Å². The molecule has 16 amide bonds. The maximum Gasteiger partial charge on any atom is 0.323 e. The van der Waals surface area contributed by atoms with Crippen LogP contribution in [0.2, 0.25) is 0 Å². The van der Waals surface area contributed by atoms with Gasteiger partial charge in [0.2, 0.25) is 94.5 Å². The Hall–Kier alpha value is -15.1. The number of benzene rings is 4. The number of aromatic nitrogens is 2. The number of aliphatic carboxylic acids is 4. The molecule has 6 aliphatic heterocycles. The lowest BCUT2D eigenvalue weighted by Crippen LogP contribution is -2.62. The molecule has 4 saturated heterocycles. The number of aromatic hydroxyl groups is 1. The zero-order valence-electron chi connectivity index (χ0n) is 78.6. The summed E-state index contributed by atoms with van der Waals surface area (Å²) in [5.74, 6) is -23.9. The number of nitrogens with two attached hydrogens (primary N) is 3. The number of fused-ring (bicyclic) bond motifs is 11. The Bertz CT molecular complexity index is 5760. The highest BCUT2D eigenvalue weighted by molar-refractivity contribution is 8.00. The fourth-order valence-corrected chi connectivity index (χ4v) is 19.0. The number of hydrogen-bond acceptors (Lipinski definition) is 26. The molecule has 768 valence electrons. The largest absolute Gasteiger partial charge is 0.508 e. The van der Waals surface area contributed by atoms with E-state index in [1.807, 2.05) is 0 Å². The molecule has 8 heterocycles. The molecular formula is C95H120N20O27S. The summed E-state index contributed by atoms with van der Waals surface area (Å²) < 4.78 is 7.37. The number of carboxylic acid groups (broad SMARTS) is 4. The van der Waals surface area contributed by atoms with E-state index in [9.17, 15) is 83.4 Å². The van der Waals surface area contributed by atoms with Crippen LogP contribution in [-0.2, 0) is 128 Å². The quantitative estimate of drug-likeness (QED) is 0.0289. The van der Waals surface area contributed by atoms with E-state index in [1.54, 1.807) is 91.1 Å². The van der Waals surface area contributed by atoms with E-state index >= 15 is 43.2 Å². The van der Waals surface area contributed by atoms with Crippen molar-refractivity contribution in [1.29, 1.82) is 0 Å². The molecule has 12 rings (SSSR count). The Balaban J connectivity index is 0.984. The number of primary amides is 1. The van der Waals surface area contributed by atoms with E-state index < -0.39 is 298 Å². The van der Waals surface area contributed by atoms with Crippen molar-refractivity contribution in [3.05, 3.63) is 144 Å². The number of likely N-dealkylation sites (N-methyl/N-ethyl adjacent to an activating group) is 2. The number of thioether (sulfide) groups is 1. The van der Waals surface area contributed by atoms with Crippen molar-refractivity contribution < 1.29 is 131 Å². The number of piperidine rings is 1. The number of para-hydroxylation sites is 2. The number of carbonyl (C=O) groups is 20. The van der Waals surface area contributed by atoms with Crippen molar-refractivity contribution in [1.82, 2.24) is 87.2 Å². The molecule has 6 aliphatic rings.